The van der Waals surface area contributed by atoms with E-state index in [1.165, 1.54) is 12.8 Å². The number of carboxylic acid groups (broad SMARTS) is 1. The Hall–Kier alpha value is -4.14. The van der Waals surface area contributed by atoms with E-state index in [0.29, 0.717) is 42.3 Å². The Bertz CT molecular complexity index is 1440. The minimum absolute atomic E-state index is 0.150. The van der Waals surface area contributed by atoms with Gasteiger partial charge in [0, 0.05) is 24.5 Å². The van der Waals surface area contributed by atoms with Crippen molar-refractivity contribution in [3.63, 3.8) is 0 Å². The van der Waals surface area contributed by atoms with Gasteiger partial charge in [0.1, 0.15) is 17.9 Å². The minimum Gasteiger partial charge on any atom is -0.493 e. The van der Waals surface area contributed by atoms with Crippen molar-refractivity contribution in [3.8, 4) is 11.6 Å². The van der Waals surface area contributed by atoms with Gasteiger partial charge in [0.15, 0.2) is 0 Å². The summed E-state index contributed by atoms with van der Waals surface area (Å²) in [5.74, 6) is 2.01. The van der Waals surface area contributed by atoms with Gasteiger partial charge < -0.3 is 20.1 Å². The number of rotatable bonds is 6. The van der Waals surface area contributed by atoms with Crippen LogP contribution in [0.5, 0.6) is 5.75 Å². The number of para-hydroxylation sites is 1. The second kappa shape index (κ2) is 8.57. The van der Waals surface area contributed by atoms with Gasteiger partial charge in [0.25, 0.3) is 5.91 Å². The third-order valence-corrected chi connectivity index (χ3v) is 6.69. The lowest BCUT2D eigenvalue weighted by atomic mass is 10.1. The van der Waals surface area contributed by atoms with E-state index < -0.39 is 6.09 Å². The van der Waals surface area contributed by atoms with Gasteiger partial charge in [-0.05, 0) is 55.5 Å². The highest BCUT2D eigenvalue weighted by Gasteiger charge is 2.29. The number of hydrogen-bond acceptors (Lipinski definition) is 5. The number of fused-ring (bicyclic) bond motifs is 2. The number of ether oxygens (including phenoxy) is 1. The highest BCUT2D eigenvalue weighted by Crippen LogP contribution is 2.30. The summed E-state index contributed by atoms with van der Waals surface area (Å²) in [6.07, 6.45) is 3.74. The molecule has 178 valence electrons. The first kappa shape index (κ1) is 21.4. The van der Waals surface area contributed by atoms with Crippen LogP contribution in [0.15, 0.2) is 54.9 Å². The van der Waals surface area contributed by atoms with E-state index >= 15 is 0 Å². The maximum atomic E-state index is 13.3. The first-order valence-corrected chi connectivity index (χ1v) is 11.8. The van der Waals surface area contributed by atoms with Crippen molar-refractivity contribution in [2.75, 3.05) is 19.7 Å². The average molecular weight is 472 g/mol. The van der Waals surface area contributed by atoms with Gasteiger partial charge in [-0.2, -0.15) is 0 Å². The van der Waals surface area contributed by atoms with Crippen molar-refractivity contribution in [3.05, 3.63) is 60.4 Å². The molecule has 6 rings (SSSR count). The van der Waals surface area contributed by atoms with Crippen LogP contribution in [-0.2, 0) is 0 Å². The maximum absolute atomic E-state index is 13.3. The zero-order valence-corrected chi connectivity index (χ0v) is 19.1. The molecule has 1 unspecified atom stereocenters. The Balaban J connectivity index is 1.30. The van der Waals surface area contributed by atoms with E-state index in [-0.39, 0.29) is 11.9 Å². The number of nitrogens with one attached hydrogen (secondary N) is 1. The Morgan fingerprint density at radius 3 is 2.83 bits per heavy atom. The van der Waals surface area contributed by atoms with Gasteiger partial charge in [-0.15, -0.1) is 0 Å². The SMILES string of the molecule is O=C(O)NC1CCN(C(=O)c2cccc3ccc(-n4cnc5cc(OCC6CC6)ccc54)nc23)C1. The molecule has 1 atom stereocenters. The molecule has 2 N–H and O–H groups in total. The fraction of sp³-hybridized carbons (Fsp3) is 0.308. The van der Waals surface area contributed by atoms with E-state index in [4.69, 9.17) is 14.8 Å². The van der Waals surface area contributed by atoms with Crippen molar-refractivity contribution in [2.45, 2.75) is 25.3 Å². The monoisotopic (exact) mass is 471 g/mol. The molecule has 0 spiro atoms. The number of amides is 2. The van der Waals surface area contributed by atoms with E-state index in [2.05, 4.69) is 10.3 Å². The molecule has 1 saturated heterocycles. The van der Waals surface area contributed by atoms with Crippen molar-refractivity contribution in [2.24, 2.45) is 5.92 Å². The molecule has 1 aliphatic carbocycles. The topological polar surface area (TPSA) is 110 Å². The molecule has 2 aliphatic rings. The van der Waals surface area contributed by atoms with Crippen LogP contribution in [0.25, 0.3) is 27.8 Å². The van der Waals surface area contributed by atoms with Crippen LogP contribution in [0.2, 0.25) is 0 Å². The highest BCUT2D eigenvalue weighted by molar-refractivity contribution is 6.05. The number of imidazole rings is 1. The lowest BCUT2D eigenvalue weighted by Gasteiger charge is -2.17. The zero-order chi connectivity index (χ0) is 23.9. The normalized spacial score (nSPS) is 17.7. The Kier molecular flexibility index (Phi) is 5.24. The van der Waals surface area contributed by atoms with Gasteiger partial charge in [0.2, 0.25) is 0 Å². The second-order valence-electron chi connectivity index (χ2n) is 9.25. The molecule has 9 heteroatoms. The van der Waals surface area contributed by atoms with Gasteiger partial charge in [-0.1, -0.05) is 12.1 Å². The van der Waals surface area contributed by atoms with Crippen LogP contribution in [0, 0.1) is 5.92 Å². The summed E-state index contributed by atoms with van der Waals surface area (Å²) in [6.45, 7) is 1.59. The fourth-order valence-corrected chi connectivity index (χ4v) is 4.61. The van der Waals surface area contributed by atoms with Crippen molar-refractivity contribution >= 4 is 33.9 Å². The van der Waals surface area contributed by atoms with Crippen LogP contribution < -0.4 is 10.1 Å². The van der Waals surface area contributed by atoms with Crippen LogP contribution >= 0.6 is 0 Å². The number of pyridine rings is 1. The number of carbonyl (C=O) groups is 2. The van der Waals surface area contributed by atoms with Crippen molar-refractivity contribution < 1.29 is 19.4 Å². The standard InChI is InChI=1S/C26H25N5O4/c32-25(30-11-10-18(13-30)28-26(33)34)20-3-1-2-17-6-9-23(29-24(17)20)31-15-27-21-12-19(7-8-22(21)31)35-14-16-4-5-16/h1-3,6-9,12,15-16,18,28H,4-5,10-11,13-14H2,(H,33,34). The molecule has 1 saturated carbocycles. The lowest BCUT2D eigenvalue weighted by Crippen LogP contribution is -2.37. The molecule has 2 fully saturated rings. The number of hydrogen-bond donors (Lipinski definition) is 2. The van der Waals surface area contributed by atoms with Gasteiger partial charge in [-0.3, -0.25) is 9.36 Å². The molecular formula is C26H25N5O4. The third kappa shape index (κ3) is 4.25. The zero-order valence-electron chi connectivity index (χ0n) is 19.1. The first-order valence-electron chi connectivity index (χ1n) is 11.8. The Morgan fingerprint density at radius 1 is 1.11 bits per heavy atom. The van der Waals surface area contributed by atoms with Gasteiger partial charge in [0.05, 0.1) is 34.8 Å². The largest absolute Gasteiger partial charge is 0.493 e. The van der Waals surface area contributed by atoms with E-state index in [9.17, 15) is 9.59 Å². The molecule has 4 aromatic rings. The molecule has 2 amide bonds. The summed E-state index contributed by atoms with van der Waals surface area (Å²) in [6, 6.07) is 15.0. The average Bonchev–Trinajstić information content (AvgIpc) is 3.42. The Morgan fingerprint density at radius 2 is 2.00 bits per heavy atom. The number of carbonyl (C=O) groups excluding carboxylic acids is 1. The molecule has 35 heavy (non-hydrogen) atoms. The van der Waals surface area contributed by atoms with Crippen LogP contribution in [0.4, 0.5) is 4.79 Å². The van der Waals surface area contributed by atoms with Crippen LogP contribution in [0.1, 0.15) is 29.6 Å². The quantitative estimate of drug-likeness (QED) is 0.442. The summed E-state index contributed by atoms with van der Waals surface area (Å²) >= 11 is 0. The Labute approximate surface area is 201 Å². The van der Waals surface area contributed by atoms with Gasteiger partial charge in [-0.25, -0.2) is 14.8 Å². The predicted molar refractivity (Wildman–Crippen MR) is 130 cm³/mol. The van der Waals surface area contributed by atoms with Crippen LogP contribution in [-0.4, -0.2) is 62.3 Å². The first-order chi connectivity index (χ1) is 17.0. The molecule has 1 aliphatic heterocycles. The second-order valence-corrected chi connectivity index (χ2v) is 9.25. The van der Waals surface area contributed by atoms with Crippen LogP contribution in [0.3, 0.4) is 0 Å². The lowest BCUT2D eigenvalue weighted by molar-refractivity contribution is 0.0790. The van der Waals surface area contributed by atoms with E-state index in [1.807, 2.05) is 47.0 Å². The van der Waals surface area contributed by atoms with Gasteiger partial charge >= 0.3 is 6.09 Å². The summed E-state index contributed by atoms with van der Waals surface area (Å²) in [5, 5.41) is 12.3. The highest BCUT2D eigenvalue weighted by atomic mass is 16.5. The number of likely N-dealkylation sites (tertiary alicyclic amines) is 1. The smallest absolute Gasteiger partial charge is 0.404 e. The van der Waals surface area contributed by atoms with E-state index in [0.717, 1.165) is 28.8 Å². The number of benzene rings is 2. The molecule has 2 aromatic carbocycles. The third-order valence-electron chi connectivity index (χ3n) is 6.69. The molecular weight excluding hydrogens is 446 g/mol. The van der Waals surface area contributed by atoms with Crippen molar-refractivity contribution in [1.82, 2.24) is 24.8 Å². The van der Waals surface area contributed by atoms with Crippen molar-refractivity contribution in [1.29, 1.82) is 0 Å². The van der Waals surface area contributed by atoms with E-state index in [1.54, 1.807) is 17.3 Å². The summed E-state index contributed by atoms with van der Waals surface area (Å²) in [7, 11) is 0. The summed E-state index contributed by atoms with van der Waals surface area (Å²) in [5.41, 5.74) is 2.83. The number of nitrogens with zero attached hydrogens (tertiary/aromatic N) is 4. The molecule has 0 bridgehead atoms. The fourth-order valence-electron chi connectivity index (χ4n) is 4.61. The maximum Gasteiger partial charge on any atom is 0.404 e. The molecule has 3 heterocycles. The summed E-state index contributed by atoms with van der Waals surface area (Å²) in [4.78, 5) is 35.4. The summed E-state index contributed by atoms with van der Waals surface area (Å²) < 4.78 is 7.79. The molecule has 0 radical (unpaired) electrons. The molecule has 2 aromatic heterocycles. The predicted octanol–water partition coefficient (Wildman–Crippen LogP) is 3.84. The molecule has 9 nitrogen and oxygen atoms in total. The minimum atomic E-state index is -1.07. The number of aromatic nitrogens is 3.